The second-order valence-electron chi connectivity index (χ2n) is 3.74. The van der Waals surface area contributed by atoms with Crippen molar-refractivity contribution >= 4 is 17.6 Å². The Labute approximate surface area is 97.4 Å². The van der Waals surface area contributed by atoms with Crippen molar-refractivity contribution in [3.8, 4) is 0 Å². The number of amides is 3. The predicted octanol–water partition coefficient (Wildman–Crippen LogP) is 0.836. The fourth-order valence-electron chi connectivity index (χ4n) is 1.59. The van der Waals surface area contributed by atoms with Gasteiger partial charge in [0.2, 0.25) is 5.91 Å². The van der Waals surface area contributed by atoms with Crippen molar-refractivity contribution in [3.05, 3.63) is 30.1 Å². The number of hydrogen-bond acceptors (Lipinski definition) is 2. The highest BCUT2D eigenvalue weighted by molar-refractivity contribution is 5.94. The van der Waals surface area contributed by atoms with Gasteiger partial charge in [-0.3, -0.25) is 4.79 Å². The van der Waals surface area contributed by atoms with Crippen LogP contribution in [0.5, 0.6) is 0 Å². The lowest BCUT2D eigenvalue weighted by Gasteiger charge is -2.11. The molecule has 1 heterocycles. The quantitative estimate of drug-likeness (QED) is 0.713. The molecule has 1 unspecified atom stereocenters. The molecule has 1 aromatic carbocycles. The van der Waals surface area contributed by atoms with Gasteiger partial charge in [-0.15, -0.1) is 0 Å². The average Bonchev–Trinajstić information content (AvgIpc) is 2.68. The van der Waals surface area contributed by atoms with E-state index in [0.717, 1.165) is 0 Å². The first kappa shape index (κ1) is 11.4. The summed E-state index contributed by atoms with van der Waals surface area (Å²) < 4.78 is 12.6. The molecule has 90 valence electrons. The van der Waals surface area contributed by atoms with Crippen molar-refractivity contribution in [2.75, 3.05) is 11.9 Å². The molecular weight excluding hydrogens is 225 g/mol. The van der Waals surface area contributed by atoms with Gasteiger partial charge in [0.15, 0.2) is 0 Å². The van der Waals surface area contributed by atoms with Gasteiger partial charge in [0, 0.05) is 12.2 Å². The van der Waals surface area contributed by atoms with Crippen molar-refractivity contribution in [1.29, 1.82) is 0 Å². The second kappa shape index (κ2) is 4.82. The maximum Gasteiger partial charge on any atom is 0.319 e. The molecule has 1 saturated heterocycles. The van der Waals surface area contributed by atoms with Crippen LogP contribution in [0.4, 0.5) is 14.9 Å². The normalized spacial score (nSPS) is 18.6. The summed E-state index contributed by atoms with van der Waals surface area (Å²) in [6.07, 6.45) is 0.579. The van der Waals surface area contributed by atoms with E-state index in [0.29, 0.717) is 18.7 Å². The van der Waals surface area contributed by atoms with Crippen molar-refractivity contribution < 1.29 is 14.0 Å². The zero-order valence-corrected chi connectivity index (χ0v) is 9.00. The molecule has 0 spiro atoms. The molecule has 1 atom stereocenters. The minimum absolute atomic E-state index is 0.181. The summed E-state index contributed by atoms with van der Waals surface area (Å²) in [7, 11) is 0. The van der Waals surface area contributed by atoms with Gasteiger partial charge in [0.1, 0.15) is 11.9 Å². The van der Waals surface area contributed by atoms with Crippen LogP contribution in [0.15, 0.2) is 24.3 Å². The zero-order chi connectivity index (χ0) is 12.3. The molecule has 17 heavy (non-hydrogen) atoms. The highest BCUT2D eigenvalue weighted by Gasteiger charge is 2.25. The molecule has 6 heteroatoms. The Kier molecular flexibility index (Phi) is 3.22. The average molecular weight is 237 g/mol. The van der Waals surface area contributed by atoms with Crippen LogP contribution in [0.2, 0.25) is 0 Å². The van der Waals surface area contributed by atoms with E-state index >= 15 is 0 Å². The van der Waals surface area contributed by atoms with E-state index in [1.807, 2.05) is 0 Å². The third kappa shape index (κ3) is 2.93. The van der Waals surface area contributed by atoms with E-state index in [-0.39, 0.29) is 11.7 Å². The van der Waals surface area contributed by atoms with E-state index in [9.17, 15) is 14.0 Å². The van der Waals surface area contributed by atoms with Crippen LogP contribution in [-0.4, -0.2) is 24.5 Å². The number of urea groups is 1. The SMILES string of the molecule is O=C(Nc1ccc(F)cc1)NC1CCNC1=O. The Balaban J connectivity index is 1.88. The first-order valence-electron chi connectivity index (χ1n) is 5.26. The summed E-state index contributed by atoms with van der Waals surface area (Å²) in [6.45, 7) is 0.570. The number of benzene rings is 1. The van der Waals surface area contributed by atoms with Crippen LogP contribution in [0.1, 0.15) is 6.42 Å². The molecule has 3 amide bonds. The molecule has 0 radical (unpaired) electrons. The molecule has 2 rings (SSSR count). The summed E-state index contributed by atoms with van der Waals surface area (Å²) in [5, 5.41) is 7.67. The molecule has 1 aliphatic rings. The number of rotatable bonds is 2. The Morgan fingerprint density at radius 2 is 2.06 bits per heavy atom. The second-order valence-corrected chi connectivity index (χ2v) is 3.74. The molecule has 5 nitrogen and oxygen atoms in total. The van der Waals surface area contributed by atoms with Gasteiger partial charge in [0.25, 0.3) is 0 Å². The number of carbonyl (C=O) groups excluding carboxylic acids is 2. The Morgan fingerprint density at radius 1 is 1.35 bits per heavy atom. The number of carbonyl (C=O) groups is 2. The summed E-state index contributed by atoms with van der Waals surface area (Å²) in [4.78, 5) is 22.7. The number of anilines is 1. The maximum absolute atomic E-state index is 12.6. The van der Waals surface area contributed by atoms with Crippen molar-refractivity contribution in [1.82, 2.24) is 10.6 Å². The number of hydrogen-bond donors (Lipinski definition) is 3. The van der Waals surface area contributed by atoms with E-state index in [1.165, 1.54) is 24.3 Å². The first-order valence-corrected chi connectivity index (χ1v) is 5.26. The van der Waals surface area contributed by atoms with Gasteiger partial charge < -0.3 is 16.0 Å². The standard InChI is InChI=1S/C11H12FN3O2/c12-7-1-3-8(4-2-7)14-11(17)15-9-5-6-13-10(9)16/h1-4,9H,5-6H2,(H,13,16)(H2,14,15,17). The molecule has 1 fully saturated rings. The van der Waals surface area contributed by atoms with Gasteiger partial charge in [0.05, 0.1) is 0 Å². The molecule has 0 saturated carbocycles. The molecular formula is C11H12FN3O2. The molecule has 0 bridgehead atoms. The molecule has 0 aliphatic carbocycles. The Hall–Kier alpha value is -2.11. The zero-order valence-electron chi connectivity index (χ0n) is 9.00. The fourth-order valence-corrected chi connectivity index (χ4v) is 1.59. The molecule has 0 aromatic heterocycles. The third-order valence-electron chi connectivity index (χ3n) is 2.46. The third-order valence-corrected chi connectivity index (χ3v) is 2.46. The van der Waals surface area contributed by atoms with Crippen molar-refractivity contribution in [2.24, 2.45) is 0 Å². The van der Waals surface area contributed by atoms with Crippen LogP contribution in [-0.2, 0) is 4.79 Å². The van der Waals surface area contributed by atoms with Crippen LogP contribution in [0, 0.1) is 5.82 Å². The monoisotopic (exact) mass is 237 g/mol. The van der Waals surface area contributed by atoms with Crippen molar-refractivity contribution in [3.63, 3.8) is 0 Å². The topological polar surface area (TPSA) is 70.2 Å². The minimum atomic E-state index is -0.490. The van der Waals surface area contributed by atoms with Gasteiger partial charge in [-0.25, -0.2) is 9.18 Å². The summed E-state index contributed by atoms with van der Waals surface area (Å²) in [6, 6.07) is 4.43. The van der Waals surface area contributed by atoms with Crippen LogP contribution in [0.25, 0.3) is 0 Å². The lowest BCUT2D eigenvalue weighted by atomic mass is 10.2. The first-order chi connectivity index (χ1) is 8.15. The van der Waals surface area contributed by atoms with E-state index in [1.54, 1.807) is 0 Å². The van der Waals surface area contributed by atoms with Crippen molar-refractivity contribution in [2.45, 2.75) is 12.5 Å². The Bertz CT molecular complexity index is 433. The van der Waals surface area contributed by atoms with Gasteiger partial charge in [-0.2, -0.15) is 0 Å². The highest BCUT2D eigenvalue weighted by Crippen LogP contribution is 2.08. The van der Waals surface area contributed by atoms with Crippen LogP contribution in [0.3, 0.4) is 0 Å². The molecule has 1 aliphatic heterocycles. The number of nitrogens with one attached hydrogen (secondary N) is 3. The minimum Gasteiger partial charge on any atom is -0.354 e. The van der Waals surface area contributed by atoms with Crippen LogP contribution >= 0.6 is 0 Å². The van der Waals surface area contributed by atoms with Gasteiger partial charge in [-0.1, -0.05) is 0 Å². The smallest absolute Gasteiger partial charge is 0.319 e. The maximum atomic E-state index is 12.6. The highest BCUT2D eigenvalue weighted by atomic mass is 19.1. The Morgan fingerprint density at radius 3 is 2.65 bits per heavy atom. The van der Waals surface area contributed by atoms with E-state index in [4.69, 9.17) is 0 Å². The largest absolute Gasteiger partial charge is 0.354 e. The lowest BCUT2D eigenvalue weighted by Crippen LogP contribution is -2.42. The summed E-state index contributed by atoms with van der Waals surface area (Å²) >= 11 is 0. The van der Waals surface area contributed by atoms with Gasteiger partial charge >= 0.3 is 6.03 Å². The summed E-state index contributed by atoms with van der Waals surface area (Å²) in [5.41, 5.74) is 0.474. The molecule has 3 N–H and O–H groups in total. The van der Waals surface area contributed by atoms with Gasteiger partial charge in [-0.05, 0) is 30.7 Å². The van der Waals surface area contributed by atoms with E-state index < -0.39 is 12.1 Å². The fraction of sp³-hybridized carbons (Fsp3) is 0.273. The predicted molar refractivity (Wildman–Crippen MR) is 60.0 cm³/mol. The van der Waals surface area contributed by atoms with Crippen LogP contribution < -0.4 is 16.0 Å². The summed E-state index contributed by atoms with van der Waals surface area (Å²) in [5.74, 6) is -0.551. The van der Waals surface area contributed by atoms with E-state index in [2.05, 4.69) is 16.0 Å². The lowest BCUT2D eigenvalue weighted by molar-refractivity contribution is -0.120. The molecule has 1 aromatic rings. The number of halogens is 1.